The Bertz CT molecular complexity index is 2050. The largest absolute Gasteiger partial charge is 0.426 e. The lowest BCUT2D eigenvalue weighted by Gasteiger charge is -2.15. The average Bonchev–Trinajstić information content (AvgIpc) is 3.17. The zero-order chi connectivity index (χ0) is 34.7. The van der Waals surface area contributed by atoms with Gasteiger partial charge in [0, 0.05) is 24.5 Å². The fraction of sp³-hybridized carbons (Fsp3) is 0.0256. The number of ether oxygens (including phenoxy) is 2. The summed E-state index contributed by atoms with van der Waals surface area (Å²) in [6.45, 7) is -0.220. The second-order valence-corrected chi connectivity index (χ2v) is 16.1. The van der Waals surface area contributed by atoms with Crippen molar-refractivity contribution in [3.63, 3.8) is 0 Å². The Morgan fingerprint density at radius 1 is 0.373 bits per heavy atom. The fourth-order valence-corrected chi connectivity index (χ4v) is 9.46. The second kappa shape index (κ2) is 17.9. The van der Waals surface area contributed by atoms with Crippen LogP contribution in [0, 0.1) is 0 Å². The summed E-state index contributed by atoms with van der Waals surface area (Å²) in [5.74, 6) is 0. The van der Waals surface area contributed by atoms with Crippen molar-refractivity contribution in [1.82, 2.24) is 19.9 Å². The van der Waals surface area contributed by atoms with Crippen LogP contribution in [0.3, 0.4) is 0 Å². The number of hydrogen-bond donors (Lipinski definition) is 0. The predicted molar refractivity (Wildman–Crippen MR) is 208 cm³/mol. The van der Waals surface area contributed by atoms with E-state index < -0.39 is 0 Å². The Kier molecular flexibility index (Phi) is 12.4. The van der Waals surface area contributed by atoms with Crippen molar-refractivity contribution in [2.75, 3.05) is 6.79 Å². The maximum atomic E-state index is 6.87. The Morgan fingerprint density at radius 2 is 0.647 bits per heavy atom. The van der Waals surface area contributed by atoms with Gasteiger partial charge in [0.25, 0.3) is 0 Å². The van der Waals surface area contributed by atoms with Crippen LogP contribution in [0.2, 0.25) is 5.02 Å². The molecule has 0 unspecified atom stereocenters. The van der Waals surface area contributed by atoms with Gasteiger partial charge in [-0.15, -0.1) is 0 Å². The van der Waals surface area contributed by atoms with Crippen LogP contribution in [0.4, 0.5) is 0 Å². The molecule has 7 rings (SSSR count). The van der Waals surface area contributed by atoms with Crippen molar-refractivity contribution in [2.45, 2.75) is 49.5 Å². The zero-order valence-corrected chi connectivity index (χ0v) is 31.5. The first-order chi connectivity index (χ1) is 25.2. The molecule has 12 heteroatoms. The summed E-state index contributed by atoms with van der Waals surface area (Å²) in [4.78, 5) is 25.2. The highest BCUT2D eigenvalue weighted by molar-refractivity contribution is 8.04. The van der Waals surface area contributed by atoms with Crippen LogP contribution in [0.15, 0.2) is 201 Å². The molecule has 0 fully saturated rings. The molecule has 6 nitrogen and oxygen atoms in total. The summed E-state index contributed by atoms with van der Waals surface area (Å²) >= 11 is 14.5. The molecule has 0 saturated carbocycles. The summed E-state index contributed by atoms with van der Waals surface area (Å²) in [5.41, 5.74) is 0. The molecule has 0 amide bonds. The number of nitrogens with zero attached hydrogens (tertiary/aromatic N) is 4. The SMILES string of the molecule is Clc1c(Sc2ccccc2)nc(OCOc2nc(Sc3ccccc3)c(Sc3ccccc3)c(Sc3ccccc3)n2)nc1Sc1ccccc1. The molecule has 0 atom stereocenters. The number of aromatic nitrogens is 4. The molecule has 0 saturated heterocycles. The van der Waals surface area contributed by atoms with Gasteiger partial charge in [0.1, 0.15) is 25.1 Å². The maximum absolute atomic E-state index is 6.87. The van der Waals surface area contributed by atoms with E-state index in [1.807, 2.05) is 115 Å². The third-order valence-electron chi connectivity index (χ3n) is 6.72. The number of rotatable bonds is 14. The van der Waals surface area contributed by atoms with E-state index in [0.29, 0.717) is 15.1 Å². The summed E-state index contributed by atoms with van der Waals surface area (Å²) in [5, 5.41) is 3.14. The highest BCUT2D eigenvalue weighted by Gasteiger charge is 2.21. The van der Waals surface area contributed by atoms with Gasteiger partial charge in [-0.2, -0.15) is 19.9 Å². The quantitative estimate of drug-likeness (QED) is 0.0782. The van der Waals surface area contributed by atoms with Gasteiger partial charge in [-0.3, -0.25) is 0 Å². The van der Waals surface area contributed by atoms with E-state index in [9.17, 15) is 0 Å². The standard InChI is InChI=1S/C39H27ClN4O2S5/c40-32-34(48-28-18-8-2-9-19-28)41-38(42-35(32)49-29-20-10-3-11-21-29)45-26-46-39-43-36(50-30-22-12-4-13-23-30)33(47-27-16-6-1-7-17-27)37(44-39)51-31-24-14-5-15-25-31/h1-25H,26H2. The third kappa shape index (κ3) is 10.0. The van der Waals surface area contributed by atoms with Gasteiger partial charge in [0.05, 0.1) is 4.90 Å². The van der Waals surface area contributed by atoms with Gasteiger partial charge in [-0.05, 0) is 60.7 Å². The maximum Gasteiger partial charge on any atom is 0.321 e. The van der Waals surface area contributed by atoms with Gasteiger partial charge in [0.2, 0.25) is 6.79 Å². The topological polar surface area (TPSA) is 70.0 Å². The lowest BCUT2D eigenvalue weighted by molar-refractivity contribution is 0.0971. The summed E-state index contributed by atoms with van der Waals surface area (Å²) in [6, 6.07) is 50.7. The molecule has 0 spiro atoms. The minimum atomic E-state index is -0.220. The predicted octanol–water partition coefficient (Wildman–Crippen LogP) is 12.1. The van der Waals surface area contributed by atoms with Crippen LogP contribution < -0.4 is 9.47 Å². The van der Waals surface area contributed by atoms with Crippen molar-refractivity contribution < 1.29 is 9.47 Å². The monoisotopic (exact) mass is 778 g/mol. The third-order valence-corrected chi connectivity index (χ3v) is 12.6. The summed E-state index contributed by atoms with van der Waals surface area (Å²) in [6.07, 6.45) is 0. The van der Waals surface area contributed by atoms with Gasteiger partial charge < -0.3 is 9.47 Å². The van der Waals surface area contributed by atoms with Gasteiger partial charge in [-0.25, -0.2) is 0 Å². The van der Waals surface area contributed by atoms with Crippen LogP contribution in [-0.4, -0.2) is 26.7 Å². The first-order valence-electron chi connectivity index (χ1n) is 15.6. The van der Waals surface area contributed by atoms with E-state index in [0.717, 1.165) is 39.4 Å². The molecule has 2 heterocycles. The van der Waals surface area contributed by atoms with Gasteiger partial charge in [0.15, 0.2) is 0 Å². The minimum Gasteiger partial charge on any atom is -0.426 e. The minimum absolute atomic E-state index is 0.130. The zero-order valence-electron chi connectivity index (χ0n) is 26.7. The lowest BCUT2D eigenvalue weighted by Crippen LogP contribution is -2.11. The molecule has 5 aromatic carbocycles. The highest BCUT2D eigenvalue weighted by Crippen LogP contribution is 2.45. The van der Waals surface area contributed by atoms with Crippen molar-refractivity contribution in [2.24, 2.45) is 0 Å². The van der Waals surface area contributed by atoms with E-state index in [-0.39, 0.29) is 18.8 Å². The number of halogens is 1. The van der Waals surface area contributed by atoms with Crippen molar-refractivity contribution in [3.8, 4) is 12.0 Å². The molecule has 0 bridgehead atoms. The molecular formula is C39H27ClN4O2S5. The first kappa shape index (κ1) is 35.3. The average molecular weight is 779 g/mol. The van der Waals surface area contributed by atoms with E-state index in [1.54, 1.807) is 35.3 Å². The molecule has 0 radical (unpaired) electrons. The van der Waals surface area contributed by atoms with Crippen LogP contribution in [0.5, 0.6) is 12.0 Å². The molecule has 0 N–H and O–H groups in total. The summed E-state index contributed by atoms with van der Waals surface area (Å²) < 4.78 is 12.1. The molecule has 252 valence electrons. The van der Waals surface area contributed by atoms with E-state index in [1.165, 1.54) is 23.5 Å². The van der Waals surface area contributed by atoms with Crippen molar-refractivity contribution in [1.29, 1.82) is 0 Å². The van der Waals surface area contributed by atoms with Crippen LogP contribution in [0.25, 0.3) is 0 Å². The molecule has 51 heavy (non-hydrogen) atoms. The summed E-state index contributed by atoms with van der Waals surface area (Å²) in [7, 11) is 0. The normalized spacial score (nSPS) is 10.9. The molecule has 0 aliphatic rings. The van der Waals surface area contributed by atoms with Gasteiger partial charge in [-0.1, -0.05) is 161 Å². The number of benzene rings is 5. The Morgan fingerprint density at radius 3 is 0.980 bits per heavy atom. The van der Waals surface area contributed by atoms with Crippen molar-refractivity contribution >= 4 is 70.4 Å². The van der Waals surface area contributed by atoms with Gasteiger partial charge >= 0.3 is 12.0 Å². The van der Waals surface area contributed by atoms with E-state index in [2.05, 4.69) is 46.4 Å². The Balaban J connectivity index is 1.19. The molecule has 0 aliphatic heterocycles. The Labute approximate surface area is 322 Å². The first-order valence-corrected chi connectivity index (χ1v) is 20.0. The van der Waals surface area contributed by atoms with Crippen LogP contribution in [0.1, 0.15) is 0 Å². The number of hydrogen-bond acceptors (Lipinski definition) is 11. The van der Waals surface area contributed by atoms with E-state index in [4.69, 9.17) is 31.0 Å². The fourth-order valence-electron chi connectivity index (χ4n) is 4.41. The Hall–Kier alpha value is -4.10. The van der Waals surface area contributed by atoms with Crippen LogP contribution in [-0.2, 0) is 0 Å². The van der Waals surface area contributed by atoms with E-state index >= 15 is 0 Å². The second-order valence-electron chi connectivity index (χ2n) is 10.4. The molecule has 2 aromatic heterocycles. The molecule has 0 aliphatic carbocycles. The molecule has 7 aromatic rings. The van der Waals surface area contributed by atoms with Crippen molar-refractivity contribution in [3.05, 3.63) is 157 Å². The highest BCUT2D eigenvalue weighted by atomic mass is 35.5. The lowest BCUT2D eigenvalue weighted by atomic mass is 10.4. The van der Waals surface area contributed by atoms with Crippen LogP contribution >= 0.6 is 70.4 Å². The molecular weight excluding hydrogens is 752 g/mol. The smallest absolute Gasteiger partial charge is 0.321 e.